The summed E-state index contributed by atoms with van der Waals surface area (Å²) < 4.78 is 0. The second-order valence-electron chi connectivity index (χ2n) is 4.70. The van der Waals surface area contributed by atoms with E-state index in [1.807, 2.05) is 0 Å². The van der Waals surface area contributed by atoms with E-state index in [0.717, 1.165) is 25.9 Å². The summed E-state index contributed by atoms with van der Waals surface area (Å²) in [5.74, 6) is 0.378. The van der Waals surface area contributed by atoms with Crippen molar-refractivity contribution in [3.05, 3.63) is 23.0 Å². The molecule has 1 aliphatic rings. The number of nitrogens with zero attached hydrogens (tertiary/aromatic N) is 3. The molecular formula is C12H17ClN4O. The SMILES string of the molecule is CN1CCC(CNC(=O)c2ccc(Cl)nn2)CC1. The number of piperidine rings is 1. The van der Waals surface area contributed by atoms with E-state index in [2.05, 4.69) is 27.5 Å². The van der Waals surface area contributed by atoms with Gasteiger partial charge in [-0.1, -0.05) is 11.6 Å². The van der Waals surface area contributed by atoms with Crippen molar-refractivity contribution in [2.45, 2.75) is 12.8 Å². The second-order valence-corrected chi connectivity index (χ2v) is 5.09. The first-order valence-electron chi connectivity index (χ1n) is 6.11. The van der Waals surface area contributed by atoms with Crippen LogP contribution in [-0.4, -0.2) is 47.7 Å². The number of carbonyl (C=O) groups excluding carboxylic acids is 1. The zero-order chi connectivity index (χ0) is 13.0. The lowest BCUT2D eigenvalue weighted by Gasteiger charge is -2.28. The predicted molar refractivity (Wildman–Crippen MR) is 69.6 cm³/mol. The zero-order valence-corrected chi connectivity index (χ0v) is 11.2. The Kier molecular flexibility index (Phi) is 4.49. The van der Waals surface area contributed by atoms with Crippen molar-refractivity contribution in [1.29, 1.82) is 0 Å². The third-order valence-electron chi connectivity index (χ3n) is 3.25. The first kappa shape index (κ1) is 13.2. The molecule has 0 atom stereocenters. The van der Waals surface area contributed by atoms with E-state index in [-0.39, 0.29) is 5.91 Å². The van der Waals surface area contributed by atoms with E-state index < -0.39 is 0 Å². The molecule has 1 aromatic rings. The minimum Gasteiger partial charge on any atom is -0.350 e. The quantitative estimate of drug-likeness (QED) is 0.895. The monoisotopic (exact) mass is 268 g/mol. The molecule has 1 saturated heterocycles. The van der Waals surface area contributed by atoms with Crippen LogP contribution < -0.4 is 5.32 Å². The molecule has 1 amide bonds. The van der Waals surface area contributed by atoms with Gasteiger partial charge in [0.25, 0.3) is 5.91 Å². The van der Waals surface area contributed by atoms with Crippen LogP contribution in [0.1, 0.15) is 23.3 Å². The molecule has 0 aliphatic carbocycles. The highest BCUT2D eigenvalue weighted by molar-refractivity contribution is 6.29. The van der Waals surface area contributed by atoms with Gasteiger partial charge < -0.3 is 10.2 Å². The van der Waals surface area contributed by atoms with Gasteiger partial charge in [0.2, 0.25) is 0 Å². The van der Waals surface area contributed by atoms with Gasteiger partial charge in [-0.15, -0.1) is 10.2 Å². The summed E-state index contributed by atoms with van der Waals surface area (Å²) in [5, 5.41) is 10.6. The number of hydrogen-bond donors (Lipinski definition) is 1. The van der Waals surface area contributed by atoms with Crippen molar-refractivity contribution < 1.29 is 4.79 Å². The van der Waals surface area contributed by atoms with E-state index in [0.29, 0.717) is 23.3 Å². The molecule has 0 bridgehead atoms. The van der Waals surface area contributed by atoms with Crippen LogP contribution >= 0.6 is 11.6 Å². The summed E-state index contributed by atoms with van der Waals surface area (Å²) >= 11 is 5.62. The van der Waals surface area contributed by atoms with Crippen LogP contribution in [0.15, 0.2) is 12.1 Å². The number of aromatic nitrogens is 2. The summed E-state index contributed by atoms with van der Waals surface area (Å²) in [6.45, 7) is 2.90. The molecule has 1 fully saturated rings. The number of carbonyl (C=O) groups is 1. The summed E-state index contributed by atoms with van der Waals surface area (Å²) in [4.78, 5) is 14.1. The Morgan fingerprint density at radius 2 is 2.17 bits per heavy atom. The molecule has 0 unspecified atom stereocenters. The maximum atomic E-state index is 11.8. The Bertz CT molecular complexity index is 401. The van der Waals surface area contributed by atoms with Crippen LogP contribution in [0.2, 0.25) is 5.15 Å². The molecule has 1 aliphatic heterocycles. The van der Waals surface area contributed by atoms with Gasteiger partial charge >= 0.3 is 0 Å². The van der Waals surface area contributed by atoms with Crippen molar-refractivity contribution in [1.82, 2.24) is 20.4 Å². The van der Waals surface area contributed by atoms with Gasteiger partial charge in [0.1, 0.15) is 0 Å². The minimum atomic E-state index is -0.182. The van der Waals surface area contributed by atoms with Crippen molar-refractivity contribution in [3.63, 3.8) is 0 Å². The molecule has 18 heavy (non-hydrogen) atoms. The minimum absolute atomic E-state index is 0.182. The van der Waals surface area contributed by atoms with E-state index >= 15 is 0 Å². The van der Waals surface area contributed by atoms with E-state index in [4.69, 9.17) is 11.6 Å². The fourth-order valence-electron chi connectivity index (χ4n) is 2.03. The third-order valence-corrected chi connectivity index (χ3v) is 3.46. The highest BCUT2D eigenvalue weighted by Gasteiger charge is 2.17. The van der Waals surface area contributed by atoms with E-state index in [1.54, 1.807) is 12.1 Å². The van der Waals surface area contributed by atoms with E-state index in [1.165, 1.54) is 0 Å². The Balaban J connectivity index is 1.79. The fraction of sp³-hybridized carbons (Fsp3) is 0.583. The van der Waals surface area contributed by atoms with Crippen molar-refractivity contribution in [2.75, 3.05) is 26.7 Å². The molecule has 1 aromatic heterocycles. The van der Waals surface area contributed by atoms with E-state index in [9.17, 15) is 4.79 Å². The summed E-state index contributed by atoms with van der Waals surface area (Å²) in [6, 6.07) is 3.15. The third kappa shape index (κ3) is 3.65. The molecule has 1 N–H and O–H groups in total. The van der Waals surface area contributed by atoms with Crippen molar-refractivity contribution in [2.24, 2.45) is 5.92 Å². The molecule has 0 aromatic carbocycles. The topological polar surface area (TPSA) is 58.1 Å². The Morgan fingerprint density at radius 3 is 2.78 bits per heavy atom. The first-order chi connectivity index (χ1) is 8.65. The van der Waals surface area contributed by atoms with Crippen LogP contribution in [0.4, 0.5) is 0 Å². The summed E-state index contributed by atoms with van der Waals surface area (Å²) in [6.07, 6.45) is 2.26. The normalized spacial score (nSPS) is 17.7. The maximum absolute atomic E-state index is 11.8. The van der Waals surface area contributed by atoms with Gasteiger partial charge in [0.05, 0.1) is 0 Å². The summed E-state index contributed by atoms with van der Waals surface area (Å²) in [7, 11) is 2.12. The molecule has 0 spiro atoms. The fourth-order valence-corrected chi connectivity index (χ4v) is 2.13. The Labute approximate surface area is 112 Å². The maximum Gasteiger partial charge on any atom is 0.271 e. The van der Waals surface area contributed by atoms with Gasteiger partial charge in [-0.25, -0.2) is 0 Å². The van der Waals surface area contributed by atoms with Crippen molar-refractivity contribution >= 4 is 17.5 Å². The van der Waals surface area contributed by atoms with Gasteiger partial charge in [-0.05, 0) is 51.0 Å². The number of halogens is 1. The molecule has 2 heterocycles. The molecule has 6 heteroatoms. The lowest BCUT2D eigenvalue weighted by Crippen LogP contribution is -2.37. The zero-order valence-electron chi connectivity index (χ0n) is 10.4. The number of rotatable bonds is 3. The lowest BCUT2D eigenvalue weighted by atomic mass is 9.97. The Hall–Kier alpha value is -1.20. The number of hydrogen-bond acceptors (Lipinski definition) is 4. The highest BCUT2D eigenvalue weighted by atomic mass is 35.5. The Morgan fingerprint density at radius 1 is 1.44 bits per heavy atom. The van der Waals surface area contributed by atoms with Crippen LogP contribution in [0, 0.1) is 5.92 Å². The largest absolute Gasteiger partial charge is 0.350 e. The average Bonchev–Trinajstić information content (AvgIpc) is 2.38. The van der Waals surface area contributed by atoms with Crippen LogP contribution in [0.3, 0.4) is 0 Å². The molecule has 0 radical (unpaired) electrons. The molecule has 2 rings (SSSR count). The van der Waals surface area contributed by atoms with Gasteiger partial charge in [-0.3, -0.25) is 4.79 Å². The molecule has 5 nitrogen and oxygen atoms in total. The smallest absolute Gasteiger partial charge is 0.271 e. The molecule has 98 valence electrons. The first-order valence-corrected chi connectivity index (χ1v) is 6.49. The number of likely N-dealkylation sites (tertiary alicyclic amines) is 1. The van der Waals surface area contributed by atoms with Crippen LogP contribution in [0.25, 0.3) is 0 Å². The standard InChI is InChI=1S/C12H17ClN4O/c1-17-6-4-9(5-7-17)8-14-12(18)10-2-3-11(13)16-15-10/h2-3,9H,4-8H2,1H3,(H,14,18). The molecular weight excluding hydrogens is 252 g/mol. The highest BCUT2D eigenvalue weighted by Crippen LogP contribution is 2.14. The second kappa shape index (κ2) is 6.11. The van der Waals surface area contributed by atoms with Gasteiger partial charge in [0, 0.05) is 6.54 Å². The predicted octanol–water partition coefficient (Wildman–Crippen LogP) is 1.20. The molecule has 0 saturated carbocycles. The number of nitrogens with one attached hydrogen (secondary N) is 1. The summed E-state index contributed by atoms with van der Waals surface area (Å²) in [5.41, 5.74) is 0.312. The van der Waals surface area contributed by atoms with Gasteiger partial charge in [0.15, 0.2) is 10.8 Å². The lowest BCUT2D eigenvalue weighted by molar-refractivity contribution is 0.0933. The van der Waals surface area contributed by atoms with Gasteiger partial charge in [-0.2, -0.15) is 0 Å². The van der Waals surface area contributed by atoms with Crippen LogP contribution in [0.5, 0.6) is 0 Å². The number of amides is 1. The van der Waals surface area contributed by atoms with Crippen molar-refractivity contribution in [3.8, 4) is 0 Å². The van der Waals surface area contributed by atoms with Crippen LogP contribution in [-0.2, 0) is 0 Å². The average molecular weight is 269 g/mol.